The van der Waals surface area contributed by atoms with Crippen molar-refractivity contribution in [3.8, 4) is 17.3 Å². The van der Waals surface area contributed by atoms with Gasteiger partial charge in [-0.2, -0.15) is 5.26 Å². The van der Waals surface area contributed by atoms with Crippen LogP contribution in [0, 0.1) is 11.3 Å². The summed E-state index contributed by atoms with van der Waals surface area (Å²) >= 11 is 0. The van der Waals surface area contributed by atoms with Crippen molar-refractivity contribution in [2.75, 3.05) is 36.4 Å². The molecule has 0 spiro atoms. The molecule has 0 aliphatic carbocycles. The summed E-state index contributed by atoms with van der Waals surface area (Å²) in [6.45, 7) is 4.31. The molecule has 2 aliphatic heterocycles. The van der Waals surface area contributed by atoms with Crippen LogP contribution in [-0.4, -0.2) is 46.5 Å². The molecule has 9 nitrogen and oxygen atoms in total. The first-order valence-electron chi connectivity index (χ1n) is 11.2. The number of rotatable bonds is 4. The minimum absolute atomic E-state index is 0.114. The lowest BCUT2D eigenvalue weighted by molar-refractivity contribution is 0.0966. The molecule has 6 rings (SSSR count). The number of benzene rings is 1. The van der Waals surface area contributed by atoms with E-state index in [9.17, 15) is 4.79 Å². The van der Waals surface area contributed by atoms with Gasteiger partial charge in [0.25, 0.3) is 5.91 Å². The number of imidazole rings is 1. The van der Waals surface area contributed by atoms with Gasteiger partial charge < -0.3 is 20.9 Å². The largest absolute Gasteiger partial charge is 0.368 e. The molecule has 4 aromatic rings. The lowest BCUT2D eigenvalue weighted by Gasteiger charge is -2.29. The Hall–Kier alpha value is -4.42. The Bertz CT molecular complexity index is 1440. The van der Waals surface area contributed by atoms with Crippen molar-refractivity contribution >= 4 is 28.7 Å². The van der Waals surface area contributed by atoms with Gasteiger partial charge in [-0.3, -0.25) is 9.20 Å². The zero-order valence-corrected chi connectivity index (χ0v) is 18.4. The lowest BCUT2D eigenvalue weighted by Crippen LogP contribution is -2.43. The topological polar surface area (TPSA) is 110 Å². The molecule has 1 fully saturated rings. The summed E-state index contributed by atoms with van der Waals surface area (Å²) in [6.07, 6.45) is 5.48. The number of carbonyl (C=O) groups is 1. The summed E-state index contributed by atoms with van der Waals surface area (Å²) in [5.41, 5.74) is 6.40. The number of nitrogens with zero attached hydrogens (tertiary/aromatic N) is 5. The number of carbonyl (C=O) groups excluding carboxylic acids is 1. The van der Waals surface area contributed by atoms with Crippen LogP contribution >= 0.6 is 0 Å². The van der Waals surface area contributed by atoms with E-state index in [-0.39, 0.29) is 5.91 Å². The molecule has 168 valence electrons. The number of hydrogen-bond donors (Lipinski definition) is 3. The van der Waals surface area contributed by atoms with E-state index in [1.54, 1.807) is 18.3 Å². The van der Waals surface area contributed by atoms with Crippen LogP contribution in [0.5, 0.6) is 0 Å². The number of amides is 1. The van der Waals surface area contributed by atoms with Crippen molar-refractivity contribution in [2.24, 2.45) is 0 Å². The monoisotopic (exact) mass is 450 g/mol. The highest BCUT2D eigenvalue weighted by Crippen LogP contribution is 2.35. The molecule has 0 atom stereocenters. The number of nitrogens with one attached hydrogen (secondary N) is 3. The lowest BCUT2D eigenvalue weighted by atomic mass is 9.99. The number of aromatic nitrogens is 3. The van der Waals surface area contributed by atoms with Crippen molar-refractivity contribution in [1.29, 1.82) is 5.26 Å². The summed E-state index contributed by atoms with van der Waals surface area (Å²) in [7, 11) is 0. The Labute approximate surface area is 196 Å². The molecule has 1 aromatic carbocycles. The van der Waals surface area contributed by atoms with Crippen molar-refractivity contribution in [3.05, 3.63) is 71.7 Å². The third kappa shape index (κ3) is 3.41. The third-order valence-corrected chi connectivity index (χ3v) is 6.38. The van der Waals surface area contributed by atoms with Gasteiger partial charge in [-0.05, 0) is 35.9 Å². The van der Waals surface area contributed by atoms with Crippen LogP contribution in [0.15, 0.2) is 55.0 Å². The number of hydrogen-bond acceptors (Lipinski definition) is 7. The van der Waals surface area contributed by atoms with Crippen molar-refractivity contribution in [3.63, 3.8) is 0 Å². The number of piperazine rings is 1. The maximum absolute atomic E-state index is 12.8. The number of fused-ring (bicyclic) bond motifs is 2. The van der Waals surface area contributed by atoms with Gasteiger partial charge in [0.15, 0.2) is 0 Å². The van der Waals surface area contributed by atoms with Gasteiger partial charge in [-0.1, -0.05) is 6.07 Å². The zero-order valence-electron chi connectivity index (χ0n) is 18.4. The van der Waals surface area contributed by atoms with E-state index in [2.05, 4.69) is 43.0 Å². The van der Waals surface area contributed by atoms with Crippen molar-refractivity contribution in [2.45, 2.75) is 6.54 Å². The minimum atomic E-state index is -0.114. The second-order valence-electron chi connectivity index (χ2n) is 8.36. The fourth-order valence-electron chi connectivity index (χ4n) is 4.65. The predicted octanol–water partition coefficient (Wildman–Crippen LogP) is 2.66. The minimum Gasteiger partial charge on any atom is -0.368 e. The van der Waals surface area contributed by atoms with Gasteiger partial charge in [0.05, 0.1) is 46.7 Å². The SMILES string of the molecule is N#Cc1ccn2c(-c3ccc(Nc4ccc(N5CCNCC5)cn4)c4c3CNC4=O)cnc2c1. The second kappa shape index (κ2) is 8.17. The maximum Gasteiger partial charge on any atom is 0.254 e. The second-order valence-corrected chi connectivity index (χ2v) is 8.36. The predicted molar refractivity (Wildman–Crippen MR) is 129 cm³/mol. The van der Waals surface area contributed by atoms with Gasteiger partial charge in [0.1, 0.15) is 11.5 Å². The summed E-state index contributed by atoms with van der Waals surface area (Å²) in [6, 6.07) is 13.6. The normalized spacial score (nSPS) is 15.1. The molecule has 34 heavy (non-hydrogen) atoms. The van der Waals surface area contributed by atoms with Gasteiger partial charge in [-0.15, -0.1) is 0 Å². The summed E-state index contributed by atoms with van der Waals surface area (Å²) < 4.78 is 1.93. The first kappa shape index (κ1) is 20.2. The molecule has 0 bridgehead atoms. The van der Waals surface area contributed by atoms with Crippen LogP contribution in [0.2, 0.25) is 0 Å². The quantitative estimate of drug-likeness (QED) is 0.438. The van der Waals surface area contributed by atoms with E-state index in [1.807, 2.05) is 35.0 Å². The molecule has 0 saturated carbocycles. The molecule has 0 unspecified atom stereocenters. The Balaban J connectivity index is 1.33. The molecule has 1 saturated heterocycles. The van der Waals surface area contributed by atoms with Crippen LogP contribution in [0.3, 0.4) is 0 Å². The molecule has 1 amide bonds. The zero-order chi connectivity index (χ0) is 23.1. The maximum atomic E-state index is 12.8. The Morgan fingerprint density at radius 3 is 2.74 bits per heavy atom. The molecule has 0 radical (unpaired) electrons. The molecular formula is C25H22N8O. The first-order chi connectivity index (χ1) is 16.7. The highest BCUT2D eigenvalue weighted by Gasteiger charge is 2.27. The highest BCUT2D eigenvalue weighted by molar-refractivity contribution is 6.06. The third-order valence-electron chi connectivity index (χ3n) is 6.38. The first-order valence-corrected chi connectivity index (χ1v) is 11.2. The summed E-state index contributed by atoms with van der Waals surface area (Å²) in [5, 5.41) is 18.8. The Morgan fingerprint density at radius 1 is 1.06 bits per heavy atom. The number of pyridine rings is 2. The number of nitriles is 1. The molecule has 3 aromatic heterocycles. The van der Waals surface area contributed by atoms with Crippen LogP contribution < -0.4 is 20.9 Å². The summed E-state index contributed by atoms with van der Waals surface area (Å²) in [5.74, 6) is 0.574. The van der Waals surface area contributed by atoms with Gasteiger partial charge in [-0.25, -0.2) is 9.97 Å². The average Bonchev–Trinajstić information content (AvgIpc) is 3.49. The molecule has 2 aliphatic rings. The van der Waals surface area contributed by atoms with Crippen LogP contribution in [-0.2, 0) is 6.54 Å². The van der Waals surface area contributed by atoms with Gasteiger partial charge in [0, 0.05) is 44.5 Å². The van der Waals surface area contributed by atoms with Crippen molar-refractivity contribution in [1.82, 2.24) is 25.0 Å². The standard InChI is InChI=1S/C25H22N8O/c26-12-16-5-8-33-21(15-29-23(33)11-16)18-2-3-20(24-19(18)14-30-25(24)34)31-22-4-1-17(13-28-22)32-9-6-27-7-10-32/h1-5,8,11,13,15,27H,6-7,9-10,14H2,(H,28,31)(H,30,34). The molecule has 9 heteroatoms. The average molecular weight is 451 g/mol. The van der Waals surface area contributed by atoms with E-state index in [0.717, 1.165) is 54.4 Å². The van der Waals surface area contributed by atoms with E-state index in [0.29, 0.717) is 29.1 Å². The van der Waals surface area contributed by atoms with E-state index < -0.39 is 0 Å². The highest BCUT2D eigenvalue weighted by atomic mass is 16.1. The molecule has 3 N–H and O–H groups in total. The van der Waals surface area contributed by atoms with Crippen LogP contribution in [0.4, 0.5) is 17.2 Å². The molecule has 5 heterocycles. The van der Waals surface area contributed by atoms with Gasteiger partial charge in [0.2, 0.25) is 0 Å². The summed E-state index contributed by atoms with van der Waals surface area (Å²) in [4.78, 5) is 24.1. The fraction of sp³-hybridized carbons (Fsp3) is 0.200. The Morgan fingerprint density at radius 2 is 1.94 bits per heavy atom. The smallest absolute Gasteiger partial charge is 0.254 e. The van der Waals surface area contributed by atoms with E-state index >= 15 is 0 Å². The van der Waals surface area contributed by atoms with E-state index in [4.69, 9.17) is 5.26 Å². The Kier molecular flexibility index (Phi) is 4.86. The van der Waals surface area contributed by atoms with Crippen molar-refractivity contribution < 1.29 is 4.79 Å². The fourth-order valence-corrected chi connectivity index (χ4v) is 4.65. The molecular weight excluding hydrogens is 428 g/mol. The van der Waals surface area contributed by atoms with Gasteiger partial charge >= 0.3 is 0 Å². The van der Waals surface area contributed by atoms with E-state index in [1.165, 1.54) is 0 Å². The number of anilines is 3. The van der Waals surface area contributed by atoms with Crippen LogP contribution in [0.1, 0.15) is 21.5 Å². The van der Waals surface area contributed by atoms with Crippen LogP contribution in [0.25, 0.3) is 16.9 Å².